The zero-order valence-corrected chi connectivity index (χ0v) is 7.63. The van der Waals surface area contributed by atoms with E-state index in [-0.39, 0.29) is 10.2 Å². The van der Waals surface area contributed by atoms with Crippen LogP contribution in [-0.2, 0) is 13.6 Å². The highest BCUT2D eigenvalue weighted by molar-refractivity contribution is 4.61. The van der Waals surface area contributed by atoms with Crippen molar-refractivity contribution in [1.29, 1.82) is 0 Å². The maximum Gasteiger partial charge on any atom is 0.243 e. The second-order valence-corrected chi connectivity index (χ2v) is 2.67. The van der Waals surface area contributed by atoms with E-state index in [1.54, 1.807) is 0 Å². The lowest BCUT2D eigenvalue weighted by molar-refractivity contribution is -0.696. The molecule has 0 atom stereocenters. The summed E-state index contributed by atoms with van der Waals surface area (Å²) in [6, 6.07) is 0. The monoisotopic (exact) mass is 176 g/mol. The molecule has 0 saturated carbocycles. The molecule has 2 N–H and O–H groups in total. The standard InChI is InChI=1S/C8H15N2.FH.H2O/c1-3-4-5-10-7-6-9(2)8-10;;/h6-8H,3-5H2,1-2H3;1H;1H2/q+1;;/p-1. The van der Waals surface area contributed by atoms with E-state index in [1.807, 2.05) is 7.05 Å². The van der Waals surface area contributed by atoms with Crippen LogP contribution in [0.3, 0.4) is 0 Å². The van der Waals surface area contributed by atoms with Gasteiger partial charge < -0.3 is 10.2 Å². The van der Waals surface area contributed by atoms with Crippen LogP contribution >= 0.6 is 0 Å². The highest BCUT2D eigenvalue weighted by Crippen LogP contribution is 1.85. The fourth-order valence-corrected chi connectivity index (χ4v) is 0.975. The Labute approximate surface area is 72.3 Å². The molecule has 0 bridgehead atoms. The first-order valence-corrected chi connectivity index (χ1v) is 3.84. The lowest BCUT2D eigenvalue weighted by Gasteiger charge is -1.90. The Hall–Kier alpha value is -0.900. The maximum absolute atomic E-state index is 2.21. The lowest BCUT2D eigenvalue weighted by Crippen LogP contribution is -3.00. The molecule has 72 valence electrons. The molecule has 0 aliphatic carbocycles. The molecule has 0 aliphatic heterocycles. The first-order chi connectivity index (χ1) is 4.83. The van der Waals surface area contributed by atoms with Crippen molar-refractivity contribution in [2.45, 2.75) is 26.3 Å². The Morgan fingerprint density at radius 2 is 2.08 bits per heavy atom. The quantitative estimate of drug-likeness (QED) is 0.449. The Morgan fingerprint density at radius 1 is 1.42 bits per heavy atom. The van der Waals surface area contributed by atoms with Gasteiger partial charge in [0.15, 0.2) is 0 Å². The van der Waals surface area contributed by atoms with Crippen LogP contribution in [-0.4, -0.2) is 10.0 Å². The molecule has 4 heteroatoms. The molecule has 12 heavy (non-hydrogen) atoms. The summed E-state index contributed by atoms with van der Waals surface area (Å²) in [6.45, 7) is 3.36. The summed E-state index contributed by atoms with van der Waals surface area (Å²) in [4.78, 5) is 0. The number of halogens is 1. The van der Waals surface area contributed by atoms with E-state index in [0.717, 1.165) is 6.54 Å². The van der Waals surface area contributed by atoms with Crippen LogP contribution in [0.4, 0.5) is 0 Å². The van der Waals surface area contributed by atoms with Crippen LogP contribution in [0.1, 0.15) is 19.8 Å². The third-order valence-corrected chi connectivity index (χ3v) is 1.59. The van der Waals surface area contributed by atoms with Gasteiger partial charge in [-0.1, -0.05) is 13.3 Å². The summed E-state index contributed by atoms with van der Waals surface area (Å²) >= 11 is 0. The molecule has 0 amide bonds. The number of rotatable bonds is 3. The molecule has 3 nitrogen and oxygen atoms in total. The fourth-order valence-electron chi connectivity index (χ4n) is 0.975. The van der Waals surface area contributed by atoms with Crippen molar-refractivity contribution in [1.82, 2.24) is 4.57 Å². The smallest absolute Gasteiger partial charge is 0.243 e. The molecule has 0 saturated heterocycles. The van der Waals surface area contributed by atoms with Gasteiger partial charge in [-0.25, -0.2) is 9.13 Å². The molecular weight excluding hydrogens is 159 g/mol. The van der Waals surface area contributed by atoms with Crippen molar-refractivity contribution >= 4 is 0 Å². The van der Waals surface area contributed by atoms with Crippen molar-refractivity contribution in [3.63, 3.8) is 0 Å². The van der Waals surface area contributed by atoms with Crippen molar-refractivity contribution in [2.75, 3.05) is 0 Å². The van der Waals surface area contributed by atoms with Crippen molar-refractivity contribution in [3.8, 4) is 0 Å². The SMILES string of the molecule is CCCC[n+]1ccn(C)c1.O.[F-]. The average Bonchev–Trinajstić information content (AvgIpc) is 2.31. The van der Waals surface area contributed by atoms with Gasteiger partial charge in [0.1, 0.15) is 12.4 Å². The predicted octanol–water partition coefficient (Wildman–Crippen LogP) is -2.71. The van der Waals surface area contributed by atoms with Crippen LogP contribution in [0.15, 0.2) is 18.7 Å². The Kier molecular flexibility index (Phi) is 7.73. The van der Waals surface area contributed by atoms with Gasteiger partial charge in [-0.3, -0.25) is 0 Å². The Balaban J connectivity index is 0. The molecule has 1 rings (SSSR count). The van der Waals surface area contributed by atoms with Crippen LogP contribution in [0.5, 0.6) is 0 Å². The zero-order chi connectivity index (χ0) is 7.40. The Morgan fingerprint density at radius 3 is 2.50 bits per heavy atom. The number of hydrogen-bond acceptors (Lipinski definition) is 0. The van der Waals surface area contributed by atoms with Gasteiger partial charge in [0.25, 0.3) is 0 Å². The largest absolute Gasteiger partial charge is 1.00 e. The van der Waals surface area contributed by atoms with Crippen molar-refractivity contribution < 1.29 is 14.7 Å². The Bertz CT molecular complexity index is 201. The fraction of sp³-hybridized carbons (Fsp3) is 0.625. The molecule has 0 fully saturated rings. The summed E-state index contributed by atoms with van der Waals surface area (Å²) in [6.07, 6.45) is 8.82. The average molecular weight is 176 g/mol. The zero-order valence-electron chi connectivity index (χ0n) is 7.63. The highest BCUT2D eigenvalue weighted by atomic mass is 19.0. The van der Waals surface area contributed by atoms with Gasteiger partial charge in [0.05, 0.1) is 13.6 Å². The van der Waals surface area contributed by atoms with Gasteiger partial charge >= 0.3 is 0 Å². The number of unbranched alkanes of at least 4 members (excludes halogenated alkanes) is 1. The van der Waals surface area contributed by atoms with E-state index in [2.05, 4.69) is 34.8 Å². The van der Waals surface area contributed by atoms with Gasteiger partial charge in [-0.15, -0.1) is 0 Å². The molecule has 0 spiro atoms. The molecule has 0 aromatic carbocycles. The topological polar surface area (TPSA) is 40.3 Å². The second-order valence-electron chi connectivity index (χ2n) is 2.67. The van der Waals surface area contributed by atoms with E-state index < -0.39 is 0 Å². The van der Waals surface area contributed by atoms with E-state index >= 15 is 0 Å². The maximum atomic E-state index is 2.21. The van der Waals surface area contributed by atoms with Crippen LogP contribution in [0.2, 0.25) is 0 Å². The van der Waals surface area contributed by atoms with E-state index in [1.165, 1.54) is 12.8 Å². The van der Waals surface area contributed by atoms with Gasteiger partial charge in [-0.2, -0.15) is 0 Å². The molecule has 0 aliphatic rings. The predicted molar refractivity (Wildman–Crippen MR) is 44.1 cm³/mol. The van der Waals surface area contributed by atoms with Gasteiger partial charge in [0, 0.05) is 0 Å². The summed E-state index contributed by atoms with van der Waals surface area (Å²) in [5.41, 5.74) is 0. The molecule has 1 heterocycles. The van der Waals surface area contributed by atoms with Crippen molar-refractivity contribution in [2.24, 2.45) is 7.05 Å². The molecule has 1 aromatic rings. The first-order valence-electron chi connectivity index (χ1n) is 3.84. The first kappa shape index (κ1) is 13.7. The van der Waals surface area contributed by atoms with Gasteiger partial charge in [0.2, 0.25) is 6.33 Å². The van der Waals surface area contributed by atoms with E-state index in [4.69, 9.17) is 0 Å². The number of aryl methyl sites for hydroxylation is 2. The third kappa shape index (κ3) is 4.08. The number of aromatic nitrogens is 2. The summed E-state index contributed by atoms with van der Waals surface area (Å²) in [5.74, 6) is 0. The summed E-state index contributed by atoms with van der Waals surface area (Å²) < 4.78 is 4.28. The molecule has 0 radical (unpaired) electrons. The van der Waals surface area contributed by atoms with Crippen LogP contribution in [0, 0.1) is 0 Å². The normalized spacial score (nSPS) is 8.50. The summed E-state index contributed by atoms with van der Waals surface area (Å²) in [5, 5.41) is 0. The lowest BCUT2D eigenvalue weighted by atomic mass is 10.3. The number of imidazole rings is 1. The van der Waals surface area contributed by atoms with E-state index in [9.17, 15) is 0 Å². The third-order valence-electron chi connectivity index (χ3n) is 1.59. The highest BCUT2D eigenvalue weighted by Gasteiger charge is 1.96. The summed E-state index contributed by atoms with van der Waals surface area (Å²) in [7, 11) is 2.04. The second kappa shape index (κ2) is 6.79. The van der Waals surface area contributed by atoms with Crippen LogP contribution in [0.25, 0.3) is 0 Å². The number of nitrogens with zero attached hydrogens (tertiary/aromatic N) is 2. The molecular formula is C8H17FN2O. The molecule has 0 unspecified atom stereocenters. The van der Waals surface area contributed by atoms with Crippen LogP contribution < -0.4 is 9.27 Å². The van der Waals surface area contributed by atoms with Crippen molar-refractivity contribution in [3.05, 3.63) is 18.7 Å². The van der Waals surface area contributed by atoms with E-state index in [0.29, 0.717) is 0 Å². The minimum atomic E-state index is 0. The minimum absolute atomic E-state index is 0. The number of hydrogen-bond donors (Lipinski definition) is 0. The molecule has 1 aromatic heterocycles. The minimum Gasteiger partial charge on any atom is -1.00 e. The van der Waals surface area contributed by atoms with Gasteiger partial charge in [-0.05, 0) is 6.42 Å².